The summed E-state index contributed by atoms with van der Waals surface area (Å²) in [6.45, 7) is 0. The van der Waals surface area contributed by atoms with Gasteiger partial charge >= 0.3 is 0 Å². The van der Waals surface area contributed by atoms with Crippen LogP contribution in [-0.2, 0) is 12.8 Å². The third kappa shape index (κ3) is 1.73. The van der Waals surface area contributed by atoms with Crippen LogP contribution in [-0.4, -0.2) is 34.7 Å². The van der Waals surface area contributed by atoms with Crippen molar-refractivity contribution in [2.75, 3.05) is 19.5 Å². The Morgan fingerprint density at radius 2 is 2.33 bits per heavy atom. The zero-order valence-corrected chi connectivity index (χ0v) is 11.3. The first-order valence-electron chi connectivity index (χ1n) is 5.95. The zero-order chi connectivity index (χ0) is 12.7. The molecule has 0 aliphatic heterocycles. The first-order valence-corrected chi connectivity index (χ1v) is 6.76. The van der Waals surface area contributed by atoms with Gasteiger partial charge in [-0.2, -0.15) is 5.43 Å². The van der Waals surface area contributed by atoms with Gasteiger partial charge in [0.2, 0.25) is 0 Å². The summed E-state index contributed by atoms with van der Waals surface area (Å²) in [7, 11) is 3.79. The highest BCUT2D eigenvalue weighted by atomic mass is 32.1. The maximum atomic E-state index is 12.4. The number of aromatic nitrogens is 2. The summed E-state index contributed by atoms with van der Waals surface area (Å²) < 4.78 is 3.28. The van der Waals surface area contributed by atoms with Crippen LogP contribution in [0.15, 0.2) is 11.1 Å². The Bertz CT molecular complexity index is 694. The van der Waals surface area contributed by atoms with E-state index in [4.69, 9.17) is 0 Å². The van der Waals surface area contributed by atoms with Gasteiger partial charge in [-0.25, -0.2) is 4.98 Å². The van der Waals surface area contributed by atoms with Crippen molar-refractivity contribution in [1.82, 2.24) is 9.66 Å². The molecule has 3 rings (SSSR count). The van der Waals surface area contributed by atoms with Gasteiger partial charge < -0.3 is 0 Å². The highest BCUT2D eigenvalue weighted by Gasteiger charge is 2.21. The van der Waals surface area contributed by atoms with Crippen molar-refractivity contribution in [1.29, 1.82) is 0 Å². The van der Waals surface area contributed by atoms with Gasteiger partial charge in [-0.3, -0.25) is 9.37 Å². The Balaban J connectivity index is 2.16. The molecular formula is C12H15N4OS+. The topological polar surface area (TPSA) is 49.9 Å². The SMILES string of the molecule is C[N+](C)=CNn1cnc2sc3c(c2c1=O)CCC3. The summed E-state index contributed by atoms with van der Waals surface area (Å²) in [4.78, 5) is 19.0. The molecule has 94 valence electrons. The lowest BCUT2D eigenvalue weighted by atomic mass is 10.2. The first-order chi connectivity index (χ1) is 8.66. The Labute approximate surface area is 108 Å². The summed E-state index contributed by atoms with van der Waals surface area (Å²) in [6.07, 6.45) is 6.53. The van der Waals surface area contributed by atoms with Crippen molar-refractivity contribution >= 4 is 27.9 Å². The number of nitrogens with zero attached hydrogens (tertiary/aromatic N) is 3. The number of fused-ring (bicyclic) bond motifs is 3. The minimum Gasteiger partial charge on any atom is -0.272 e. The lowest BCUT2D eigenvalue weighted by molar-refractivity contribution is -0.459. The van der Waals surface area contributed by atoms with Crippen LogP contribution in [0.5, 0.6) is 0 Å². The zero-order valence-electron chi connectivity index (χ0n) is 10.4. The van der Waals surface area contributed by atoms with Crippen LogP contribution in [0.25, 0.3) is 10.2 Å². The van der Waals surface area contributed by atoms with Crippen LogP contribution < -0.4 is 11.0 Å². The van der Waals surface area contributed by atoms with Crippen molar-refractivity contribution < 1.29 is 4.58 Å². The van der Waals surface area contributed by atoms with Crippen molar-refractivity contribution in [2.45, 2.75) is 19.3 Å². The van der Waals surface area contributed by atoms with E-state index in [0.717, 1.165) is 29.5 Å². The fourth-order valence-corrected chi connectivity index (χ4v) is 3.47. The van der Waals surface area contributed by atoms with Crippen LogP contribution in [0.4, 0.5) is 0 Å². The standard InChI is InChI=1S/C12H14N4OS/c1-15(2)7-14-16-6-13-11-10(12(16)17)8-4-3-5-9(8)18-11/h6-7H,3-5H2,1-2H3/p+1. The fourth-order valence-electron chi connectivity index (χ4n) is 2.25. The Kier molecular flexibility index (Phi) is 2.66. The van der Waals surface area contributed by atoms with Gasteiger partial charge in [-0.05, 0) is 24.8 Å². The van der Waals surface area contributed by atoms with Gasteiger partial charge in [-0.1, -0.05) is 0 Å². The molecule has 0 saturated carbocycles. The summed E-state index contributed by atoms with van der Waals surface area (Å²) in [5.41, 5.74) is 4.15. The third-order valence-corrected chi connectivity index (χ3v) is 4.28. The molecule has 1 aliphatic rings. The maximum absolute atomic E-state index is 12.4. The lowest BCUT2D eigenvalue weighted by Gasteiger charge is -1.99. The monoisotopic (exact) mass is 263 g/mol. The van der Waals surface area contributed by atoms with Gasteiger partial charge in [0.1, 0.15) is 11.2 Å². The molecule has 0 atom stereocenters. The van der Waals surface area contributed by atoms with E-state index in [1.807, 2.05) is 18.7 Å². The van der Waals surface area contributed by atoms with Gasteiger partial charge in [0, 0.05) is 4.88 Å². The van der Waals surface area contributed by atoms with Gasteiger partial charge in [-0.15, -0.1) is 16.0 Å². The minimum atomic E-state index is -0.00231. The molecule has 1 aliphatic carbocycles. The van der Waals surface area contributed by atoms with E-state index in [9.17, 15) is 4.79 Å². The lowest BCUT2D eigenvalue weighted by Crippen LogP contribution is -2.30. The molecule has 0 bridgehead atoms. The van der Waals surface area contributed by atoms with E-state index in [1.165, 1.54) is 15.1 Å². The molecule has 1 N–H and O–H groups in total. The third-order valence-electron chi connectivity index (χ3n) is 3.08. The van der Waals surface area contributed by atoms with Crippen molar-refractivity contribution in [3.63, 3.8) is 0 Å². The number of thiophene rings is 1. The molecule has 0 amide bonds. The predicted molar refractivity (Wildman–Crippen MR) is 73.4 cm³/mol. The molecule has 0 fully saturated rings. The Hall–Kier alpha value is -1.69. The molecule has 18 heavy (non-hydrogen) atoms. The number of hydrogen-bond acceptors (Lipinski definition) is 3. The molecule has 0 spiro atoms. The van der Waals surface area contributed by atoms with E-state index in [2.05, 4.69) is 10.4 Å². The second-order valence-electron chi connectivity index (χ2n) is 4.68. The summed E-state index contributed by atoms with van der Waals surface area (Å²) >= 11 is 1.66. The van der Waals surface area contributed by atoms with Crippen molar-refractivity contribution in [3.8, 4) is 0 Å². The van der Waals surface area contributed by atoms with E-state index >= 15 is 0 Å². The average molecular weight is 263 g/mol. The fraction of sp³-hybridized carbons (Fsp3) is 0.417. The molecule has 0 saturated heterocycles. The second kappa shape index (κ2) is 4.20. The number of rotatable bonds is 2. The van der Waals surface area contributed by atoms with Crippen LogP contribution >= 0.6 is 11.3 Å². The highest BCUT2D eigenvalue weighted by Crippen LogP contribution is 2.34. The van der Waals surface area contributed by atoms with Crippen LogP contribution in [0.1, 0.15) is 16.9 Å². The molecule has 6 heteroatoms. The maximum Gasteiger partial charge on any atom is 0.297 e. The van der Waals surface area contributed by atoms with Gasteiger partial charge in [0.25, 0.3) is 11.9 Å². The van der Waals surface area contributed by atoms with Crippen LogP contribution in [0.3, 0.4) is 0 Å². The van der Waals surface area contributed by atoms with Gasteiger partial charge in [0.05, 0.1) is 19.5 Å². The summed E-state index contributed by atoms with van der Waals surface area (Å²) in [5, 5.41) is 0.801. The summed E-state index contributed by atoms with van der Waals surface area (Å²) in [6, 6.07) is 0. The Morgan fingerprint density at radius 1 is 1.50 bits per heavy atom. The van der Waals surface area contributed by atoms with E-state index in [0.29, 0.717) is 0 Å². The van der Waals surface area contributed by atoms with E-state index in [-0.39, 0.29) is 5.56 Å². The van der Waals surface area contributed by atoms with E-state index < -0.39 is 0 Å². The predicted octanol–water partition coefficient (Wildman–Crippen LogP) is 0.791. The molecule has 2 aromatic heterocycles. The van der Waals surface area contributed by atoms with E-state index in [1.54, 1.807) is 24.0 Å². The second-order valence-corrected chi connectivity index (χ2v) is 5.76. The van der Waals surface area contributed by atoms with Crippen LogP contribution in [0.2, 0.25) is 0 Å². The molecule has 0 unspecified atom stereocenters. The molecule has 2 heterocycles. The highest BCUT2D eigenvalue weighted by molar-refractivity contribution is 7.18. The summed E-state index contributed by atoms with van der Waals surface area (Å²) in [5.74, 6) is 0. The first kappa shape index (κ1) is 11.4. The number of aryl methyl sites for hydroxylation is 2. The van der Waals surface area contributed by atoms with Gasteiger partial charge in [0.15, 0.2) is 0 Å². The van der Waals surface area contributed by atoms with Crippen LogP contribution in [0, 0.1) is 0 Å². The number of nitrogens with one attached hydrogen (secondary N) is 1. The molecule has 0 radical (unpaired) electrons. The molecule has 0 aromatic carbocycles. The Morgan fingerprint density at radius 3 is 3.11 bits per heavy atom. The van der Waals surface area contributed by atoms with Crippen molar-refractivity contribution in [2.24, 2.45) is 0 Å². The van der Waals surface area contributed by atoms with Crippen molar-refractivity contribution in [3.05, 3.63) is 27.1 Å². The largest absolute Gasteiger partial charge is 0.297 e. The molecule has 2 aromatic rings. The molecule has 5 nitrogen and oxygen atoms in total. The average Bonchev–Trinajstić information content (AvgIpc) is 2.87. The quantitative estimate of drug-likeness (QED) is 0.495. The smallest absolute Gasteiger partial charge is 0.272 e. The normalized spacial score (nSPS) is 13.7. The number of hydrogen-bond donors (Lipinski definition) is 1. The molecular weight excluding hydrogens is 248 g/mol. The minimum absolute atomic E-state index is 0.00231.